The molecule has 0 aliphatic heterocycles. The van der Waals surface area contributed by atoms with Crippen LogP contribution >= 0.6 is 11.8 Å². The van der Waals surface area contributed by atoms with Crippen molar-refractivity contribution in [3.63, 3.8) is 0 Å². The quantitative estimate of drug-likeness (QED) is 0.251. The van der Waals surface area contributed by atoms with E-state index >= 15 is 0 Å². The number of anilines is 1. The first-order valence-electron chi connectivity index (χ1n) is 10.4. The molecular weight excluding hydrogens is 446 g/mol. The first-order valence-corrected chi connectivity index (χ1v) is 11.3. The monoisotopic (exact) mass is 471 g/mol. The van der Waals surface area contributed by atoms with E-state index in [-0.39, 0.29) is 24.0 Å². The molecule has 0 aliphatic rings. The Bertz CT molecular complexity index is 1120. The lowest BCUT2D eigenvalue weighted by Gasteiger charge is -2.13. The molecule has 10 nitrogen and oxygen atoms in total. The molecule has 3 aromatic rings. The van der Waals surface area contributed by atoms with Crippen molar-refractivity contribution in [2.45, 2.75) is 39.1 Å². The second-order valence-corrected chi connectivity index (χ2v) is 7.90. The van der Waals surface area contributed by atoms with Crippen molar-refractivity contribution in [2.75, 3.05) is 17.7 Å². The van der Waals surface area contributed by atoms with Crippen LogP contribution in [0.4, 0.5) is 11.4 Å². The molecule has 1 heterocycles. The van der Waals surface area contributed by atoms with E-state index in [1.807, 2.05) is 43.5 Å². The number of nitro benzene ring substituents is 1. The van der Waals surface area contributed by atoms with Crippen molar-refractivity contribution >= 4 is 29.0 Å². The van der Waals surface area contributed by atoms with E-state index in [0.29, 0.717) is 41.3 Å². The number of rotatable bonds is 11. The van der Waals surface area contributed by atoms with Crippen molar-refractivity contribution in [2.24, 2.45) is 0 Å². The first-order chi connectivity index (χ1) is 15.9. The molecule has 0 aliphatic carbocycles. The predicted molar refractivity (Wildman–Crippen MR) is 125 cm³/mol. The Balaban J connectivity index is 1.59. The summed E-state index contributed by atoms with van der Waals surface area (Å²) in [6.45, 7) is 7.23. The van der Waals surface area contributed by atoms with E-state index in [1.54, 1.807) is 0 Å². The Morgan fingerprint density at radius 1 is 1.12 bits per heavy atom. The molecule has 1 N–H and O–H groups in total. The van der Waals surface area contributed by atoms with Gasteiger partial charge in [0, 0.05) is 24.4 Å². The highest BCUT2D eigenvalue weighted by atomic mass is 32.2. The van der Waals surface area contributed by atoms with Gasteiger partial charge in [0.1, 0.15) is 6.61 Å². The average molecular weight is 472 g/mol. The number of benzene rings is 2. The van der Waals surface area contributed by atoms with E-state index in [2.05, 4.69) is 15.5 Å². The smallest absolute Gasteiger partial charge is 0.269 e. The summed E-state index contributed by atoms with van der Waals surface area (Å²) in [5.74, 6) is 1.81. The zero-order valence-electron chi connectivity index (χ0n) is 18.6. The van der Waals surface area contributed by atoms with Crippen LogP contribution in [0.3, 0.4) is 0 Å². The molecule has 174 valence electrons. The molecule has 0 saturated heterocycles. The normalized spacial score (nSPS) is 10.6. The highest BCUT2D eigenvalue weighted by molar-refractivity contribution is 7.99. The lowest BCUT2D eigenvalue weighted by atomic mass is 10.2. The third-order valence-corrected chi connectivity index (χ3v) is 5.53. The lowest BCUT2D eigenvalue weighted by molar-refractivity contribution is -0.384. The van der Waals surface area contributed by atoms with E-state index < -0.39 is 4.92 Å². The van der Waals surface area contributed by atoms with Crippen LogP contribution in [0.15, 0.2) is 47.6 Å². The van der Waals surface area contributed by atoms with Gasteiger partial charge >= 0.3 is 0 Å². The fourth-order valence-corrected chi connectivity index (χ4v) is 3.81. The largest absolute Gasteiger partial charge is 0.490 e. The highest BCUT2D eigenvalue weighted by Gasteiger charge is 2.15. The number of aromatic nitrogens is 3. The third kappa shape index (κ3) is 6.45. The van der Waals surface area contributed by atoms with Crippen LogP contribution in [0, 0.1) is 17.0 Å². The number of nitro groups is 1. The molecule has 0 bridgehead atoms. The zero-order valence-corrected chi connectivity index (χ0v) is 19.4. The van der Waals surface area contributed by atoms with Gasteiger partial charge in [-0.15, -0.1) is 10.2 Å². The number of hydrogen-bond acceptors (Lipinski definition) is 8. The van der Waals surface area contributed by atoms with Crippen molar-refractivity contribution in [1.82, 2.24) is 14.8 Å². The number of nitrogens with one attached hydrogen (secondary N) is 1. The number of nitrogens with zero attached hydrogens (tertiary/aromatic N) is 4. The summed E-state index contributed by atoms with van der Waals surface area (Å²) in [5.41, 5.74) is 1.53. The van der Waals surface area contributed by atoms with Crippen LogP contribution in [0.25, 0.3) is 0 Å². The molecule has 0 fully saturated rings. The summed E-state index contributed by atoms with van der Waals surface area (Å²) >= 11 is 1.25. The summed E-state index contributed by atoms with van der Waals surface area (Å²) in [4.78, 5) is 22.5. The summed E-state index contributed by atoms with van der Waals surface area (Å²) in [6.07, 6.45) is 0. The fraction of sp³-hybridized carbons (Fsp3) is 0.318. The van der Waals surface area contributed by atoms with Gasteiger partial charge in [0.15, 0.2) is 22.5 Å². The predicted octanol–water partition coefficient (Wildman–Crippen LogP) is 4.22. The van der Waals surface area contributed by atoms with Crippen LogP contribution < -0.4 is 14.8 Å². The highest BCUT2D eigenvalue weighted by Crippen LogP contribution is 2.29. The topological polar surface area (TPSA) is 121 Å². The minimum atomic E-state index is -0.489. The number of ether oxygens (including phenoxy) is 2. The Hall–Kier alpha value is -3.60. The van der Waals surface area contributed by atoms with Gasteiger partial charge in [0.25, 0.3) is 5.69 Å². The fourth-order valence-electron chi connectivity index (χ4n) is 2.99. The molecule has 11 heteroatoms. The Labute approximate surface area is 195 Å². The van der Waals surface area contributed by atoms with Crippen molar-refractivity contribution in [3.05, 3.63) is 64.0 Å². The maximum Gasteiger partial charge on any atom is 0.269 e. The second kappa shape index (κ2) is 11.3. The molecule has 0 unspecified atom stereocenters. The summed E-state index contributed by atoms with van der Waals surface area (Å²) in [5, 5.41) is 22.4. The standard InChI is InChI=1S/C22H25N5O5S/c1-4-26-20(13-32-18-11-6-15(3)12-19(18)31-5-2)24-25-22(26)33-14-21(28)23-16-7-9-17(10-8-16)27(29)30/h6-12H,4-5,13-14H2,1-3H3,(H,23,28). The number of carbonyl (C=O) groups excluding carboxylic acids is 1. The molecule has 2 aromatic carbocycles. The number of non-ortho nitro benzene ring substituents is 1. The van der Waals surface area contributed by atoms with E-state index in [1.165, 1.54) is 36.0 Å². The molecule has 0 radical (unpaired) electrons. The van der Waals surface area contributed by atoms with Crippen LogP contribution in [0.5, 0.6) is 11.5 Å². The van der Waals surface area contributed by atoms with Crippen LogP contribution in [0.1, 0.15) is 25.2 Å². The first kappa shape index (κ1) is 24.1. The summed E-state index contributed by atoms with van der Waals surface area (Å²) in [6, 6.07) is 11.4. The van der Waals surface area contributed by atoms with Gasteiger partial charge in [-0.2, -0.15) is 0 Å². The zero-order chi connectivity index (χ0) is 23.8. The lowest BCUT2D eigenvalue weighted by Crippen LogP contribution is -2.15. The number of amides is 1. The number of hydrogen-bond donors (Lipinski definition) is 1. The maximum absolute atomic E-state index is 12.3. The van der Waals surface area contributed by atoms with Crippen molar-refractivity contribution in [3.8, 4) is 11.5 Å². The van der Waals surface area contributed by atoms with Crippen LogP contribution in [0.2, 0.25) is 0 Å². The van der Waals surface area contributed by atoms with Gasteiger partial charge in [0.05, 0.1) is 17.3 Å². The van der Waals surface area contributed by atoms with Crippen molar-refractivity contribution in [1.29, 1.82) is 0 Å². The maximum atomic E-state index is 12.3. The van der Waals surface area contributed by atoms with Crippen molar-refractivity contribution < 1.29 is 19.2 Å². The molecule has 3 rings (SSSR count). The number of carbonyl (C=O) groups is 1. The minimum Gasteiger partial charge on any atom is -0.490 e. The third-order valence-electron chi connectivity index (χ3n) is 4.56. The number of thioether (sulfide) groups is 1. The minimum absolute atomic E-state index is 0.0350. The Morgan fingerprint density at radius 3 is 2.55 bits per heavy atom. The van der Waals surface area contributed by atoms with Crippen LogP contribution in [-0.4, -0.2) is 38.0 Å². The van der Waals surface area contributed by atoms with Gasteiger partial charge in [-0.1, -0.05) is 17.8 Å². The summed E-state index contributed by atoms with van der Waals surface area (Å²) in [7, 11) is 0. The molecule has 0 spiro atoms. The second-order valence-electron chi connectivity index (χ2n) is 6.96. The Morgan fingerprint density at radius 2 is 1.88 bits per heavy atom. The Kier molecular flexibility index (Phi) is 8.25. The average Bonchev–Trinajstić information content (AvgIpc) is 3.19. The molecule has 0 atom stereocenters. The van der Waals surface area contributed by atoms with E-state index in [0.717, 1.165) is 5.56 Å². The molecule has 1 aromatic heterocycles. The number of aryl methyl sites for hydroxylation is 1. The van der Waals surface area contributed by atoms with Gasteiger partial charge in [-0.05, 0) is 50.6 Å². The van der Waals surface area contributed by atoms with Gasteiger partial charge < -0.3 is 19.4 Å². The van der Waals surface area contributed by atoms with Gasteiger partial charge in [0.2, 0.25) is 5.91 Å². The molecule has 33 heavy (non-hydrogen) atoms. The van der Waals surface area contributed by atoms with E-state index in [9.17, 15) is 14.9 Å². The van der Waals surface area contributed by atoms with Crippen LogP contribution in [-0.2, 0) is 17.9 Å². The van der Waals surface area contributed by atoms with Gasteiger partial charge in [-0.3, -0.25) is 14.9 Å². The molecular formula is C22H25N5O5S. The molecule has 0 saturated carbocycles. The van der Waals surface area contributed by atoms with Gasteiger partial charge in [-0.25, -0.2) is 0 Å². The SMILES string of the molecule is CCOc1cc(C)ccc1OCc1nnc(SCC(=O)Nc2ccc([N+](=O)[O-])cc2)n1CC. The summed E-state index contributed by atoms with van der Waals surface area (Å²) < 4.78 is 13.5. The molecule has 1 amide bonds. The van der Waals surface area contributed by atoms with E-state index in [4.69, 9.17) is 9.47 Å².